The first-order valence-corrected chi connectivity index (χ1v) is 7.51. The van der Waals surface area contributed by atoms with Gasteiger partial charge in [0.05, 0.1) is 19.7 Å². The average molecular weight is 320 g/mol. The van der Waals surface area contributed by atoms with E-state index in [4.69, 9.17) is 0 Å². The molecule has 1 aromatic heterocycles. The summed E-state index contributed by atoms with van der Waals surface area (Å²) in [6, 6.07) is 0.00848. The Morgan fingerprint density at radius 3 is 2.61 bits per heavy atom. The number of rotatable bonds is 5. The number of likely N-dealkylation sites (tertiary alicyclic amines) is 1. The van der Waals surface area contributed by atoms with Gasteiger partial charge in [-0.05, 0) is 12.8 Å². The fourth-order valence-corrected chi connectivity index (χ4v) is 2.42. The molecule has 2 heterocycles. The van der Waals surface area contributed by atoms with Crippen LogP contribution in [0.4, 0.5) is 0 Å². The number of nitrogens with zero attached hydrogens (tertiary/aromatic N) is 3. The zero-order valence-corrected chi connectivity index (χ0v) is 13.0. The monoisotopic (exact) mass is 320 g/mol. The lowest BCUT2D eigenvalue weighted by atomic mass is 10.0. The number of amides is 2. The summed E-state index contributed by atoms with van der Waals surface area (Å²) in [7, 11) is 1.30. The smallest absolute Gasteiger partial charge is 0.306 e. The first-order chi connectivity index (χ1) is 11.1. The Balaban J connectivity index is 1.74. The van der Waals surface area contributed by atoms with Gasteiger partial charge in [0, 0.05) is 37.9 Å². The van der Waals surface area contributed by atoms with E-state index < -0.39 is 0 Å². The van der Waals surface area contributed by atoms with E-state index in [1.54, 1.807) is 4.90 Å². The van der Waals surface area contributed by atoms with Gasteiger partial charge in [-0.3, -0.25) is 19.4 Å². The van der Waals surface area contributed by atoms with E-state index >= 15 is 0 Å². The number of esters is 1. The number of piperidine rings is 1. The predicted molar refractivity (Wildman–Crippen MR) is 80.4 cm³/mol. The van der Waals surface area contributed by atoms with E-state index in [1.807, 2.05) is 0 Å². The molecule has 1 saturated heterocycles. The minimum atomic E-state index is -0.385. The van der Waals surface area contributed by atoms with Gasteiger partial charge < -0.3 is 15.0 Å². The lowest BCUT2D eigenvalue weighted by molar-refractivity contribution is -0.143. The van der Waals surface area contributed by atoms with Crippen LogP contribution in [0.1, 0.15) is 36.2 Å². The number of ether oxygens (including phenoxy) is 1. The van der Waals surface area contributed by atoms with Crippen LogP contribution >= 0.6 is 0 Å². The lowest BCUT2D eigenvalue weighted by Gasteiger charge is -2.32. The molecule has 1 fully saturated rings. The number of aromatic nitrogens is 2. The van der Waals surface area contributed by atoms with Gasteiger partial charge in [0.2, 0.25) is 5.91 Å². The van der Waals surface area contributed by atoms with Gasteiger partial charge >= 0.3 is 5.97 Å². The van der Waals surface area contributed by atoms with E-state index in [0.29, 0.717) is 25.9 Å². The van der Waals surface area contributed by atoms with Crippen LogP contribution in [0.15, 0.2) is 18.6 Å². The topological polar surface area (TPSA) is 101 Å². The highest BCUT2D eigenvalue weighted by molar-refractivity contribution is 5.92. The molecule has 2 rings (SSSR count). The zero-order chi connectivity index (χ0) is 16.7. The fraction of sp³-hybridized carbons (Fsp3) is 0.533. The number of carbonyl (C=O) groups is 3. The van der Waals surface area contributed by atoms with Crippen LogP contribution in [-0.4, -0.2) is 58.9 Å². The molecule has 0 atom stereocenters. The Morgan fingerprint density at radius 2 is 2.00 bits per heavy atom. The first kappa shape index (κ1) is 16.9. The number of methoxy groups -OCH3 is 1. The lowest BCUT2D eigenvalue weighted by Crippen LogP contribution is -2.46. The molecular formula is C15H20N4O4. The first-order valence-electron chi connectivity index (χ1n) is 7.51. The second kappa shape index (κ2) is 8.21. The molecule has 0 aliphatic carbocycles. The largest absolute Gasteiger partial charge is 0.469 e. The number of carbonyl (C=O) groups excluding carboxylic acids is 3. The zero-order valence-electron chi connectivity index (χ0n) is 13.0. The standard InChI is InChI=1S/C15H20N4O4/c1-23-14(21)3-2-13(20)19-8-4-11(5-9-19)18-15(22)12-10-16-6-7-17-12/h6-7,10-11H,2-5,8-9H2,1H3,(H,18,22). The van der Waals surface area contributed by atoms with Crippen molar-refractivity contribution in [2.24, 2.45) is 0 Å². The molecule has 8 heteroatoms. The molecule has 0 aromatic carbocycles. The molecule has 0 bridgehead atoms. The molecule has 1 aliphatic rings. The van der Waals surface area contributed by atoms with E-state index in [0.717, 1.165) is 0 Å². The van der Waals surface area contributed by atoms with Crippen molar-refractivity contribution >= 4 is 17.8 Å². The van der Waals surface area contributed by atoms with Crippen molar-refractivity contribution in [1.82, 2.24) is 20.2 Å². The highest BCUT2D eigenvalue weighted by atomic mass is 16.5. The quantitative estimate of drug-likeness (QED) is 0.775. The average Bonchev–Trinajstić information content (AvgIpc) is 2.60. The van der Waals surface area contributed by atoms with E-state index in [1.165, 1.54) is 25.7 Å². The summed E-state index contributed by atoms with van der Waals surface area (Å²) in [4.78, 5) is 44.6. The summed E-state index contributed by atoms with van der Waals surface area (Å²) in [5, 5.41) is 2.90. The predicted octanol–water partition coefficient (Wildman–Crippen LogP) is 0.151. The Labute approximate surface area is 134 Å². The van der Waals surface area contributed by atoms with Crippen molar-refractivity contribution in [3.8, 4) is 0 Å². The summed E-state index contributed by atoms with van der Waals surface area (Å²) in [6.45, 7) is 1.12. The molecule has 8 nitrogen and oxygen atoms in total. The molecule has 0 spiro atoms. The molecule has 0 saturated carbocycles. The Bertz CT molecular complexity index is 556. The molecular weight excluding hydrogens is 300 g/mol. The van der Waals surface area contributed by atoms with Gasteiger partial charge in [0.15, 0.2) is 0 Å². The van der Waals surface area contributed by atoms with E-state index in [9.17, 15) is 14.4 Å². The highest BCUT2D eigenvalue weighted by Gasteiger charge is 2.24. The van der Waals surface area contributed by atoms with E-state index in [-0.39, 0.29) is 42.4 Å². The molecule has 2 amide bonds. The van der Waals surface area contributed by atoms with E-state index in [2.05, 4.69) is 20.0 Å². The summed E-state index contributed by atoms with van der Waals surface area (Å²) < 4.78 is 4.52. The van der Waals surface area contributed by atoms with Gasteiger partial charge in [-0.1, -0.05) is 0 Å². The van der Waals surface area contributed by atoms with Crippen molar-refractivity contribution in [3.63, 3.8) is 0 Å². The minimum Gasteiger partial charge on any atom is -0.469 e. The third-order valence-electron chi connectivity index (χ3n) is 3.75. The summed E-state index contributed by atoms with van der Waals surface area (Å²) in [5.74, 6) is -0.702. The third-order valence-corrected chi connectivity index (χ3v) is 3.75. The number of nitrogens with one attached hydrogen (secondary N) is 1. The van der Waals surface area contributed by atoms with Crippen LogP contribution in [0.25, 0.3) is 0 Å². The highest BCUT2D eigenvalue weighted by Crippen LogP contribution is 2.13. The SMILES string of the molecule is COC(=O)CCC(=O)N1CCC(NC(=O)c2cnccn2)CC1. The number of hydrogen-bond acceptors (Lipinski definition) is 6. The van der Waals surface area contributed by atoms with Gasteiger partial charge in [-0.2, -0.15) is 0 Å². The summed E-state index contributed by atoms with van der Waals surface area (Å²) in [5.41, 5.74) is 0.282. The van der Waals surface area contributed by atoms with Gasteiger partial charge in [-0.15, -0.1) is 0 Å². The minimum absolute atomic E-state index is 0.00848. The van der Waals surface area contributed by atoms with Crippen LogP contribution in [0.2, 0.25) is 0 Å². The van der Waals surface area contributed by atoms with Gasteiger partial charge in [-0.25, -0.2) is 4.98 Å². The summed E-state index contributed by atoms with van der Waals surface area (Å²) >= 11 is 0. The fourth-order valence-electron chi connectivity index (χ4n) is 2.42. The van der Waals surface area contributed by atoms with Gasteiger partial charge in [0.1, 0.15) is 5.69 Å². The second-order valence-electron chi connectivity index (χ2n) is 5.30. The van der Waals surface area contributed by atoms with Crippen molar-refractivity contribution in [2.75, 3.05) is 20.2 Å². The molecule has 0 unspecified atom stereocenters. The summed E-state index contributed by atoms with van der Waals surface area (Å²) in [6.07, 6.45) is 6.00. The maximum absolute atomic E-state index is 12.0. The van der Waals surface area contributed by atoms with Crippen LogP contribution in [0.5, 0.6) is 0 Å². The van der Waals surface area contributed by atoms with Crippen LogP contribution < -0.4 is 5.32 Å². The maximum atomic E-state index is 12.0. The van der Waals surface area contributed by atoms with Crippen LogP contribution in [0, 0.1) is 0 Å². The Morgan fingerprint density at radius 1 is 1.26 bits per heavy atom. The van der Waals surface area contributed by atoms with Crippen molar-refractivity contribution in [2.45, 2.75) is 31.7 Å². The van der Waals surface area contributed by atoms with Crippen molar-refractivity contribution in [3.05, 3.63) is 24.3 Å². The normalized spacial score (nSPS) is 15.1. The molecule has 0 radical (unpaired) electrons. The van der Waals surface area contributed by atoms with Gasteiger partial charge in [0.25, 0.3) is 5.91 Å². The Kier molecular flexibility index (Phi) is 6.02. The Hall–Kier alpha value is -2.51. The second-order valence-corrected chi connectivity index (χ2v) is 5.30. The molecule has 1 aromatic rings. The number of hydrogen-bond donors (Lipinski definition) is 1. The van der Waals surface area contributed by atoms with Crippen LogP contribution in [0.3, 0.4) is 0 Å². The third kappa shape index (κ3) is 5.01. The van der Waals surface area contributed by atoms with Crippen molar-refractivity contribution in [1.29, 1.82) is 0 Å². The molecule has 124 valence electrons. The maximum Gasteiger partial charge on any atom is 0.306 e. The van der Waals surface area contributed by atoms with Crippen molar-refractivity contribution < 1.29 is 19.1 Å². The molecule has 23 heavy (non-hydrogen) atoms. The molecule has 1 N–H and O–H groups in total. The molecule has 1 aliphatic heterocycles. The van der Waals surface area contributed by atoms with Crippen LogP contribution in [-0.2, 0) is 14.3 Å².